The van der Waals surface area contributed by atoms with Gasteiger partial charge in [-0.2, -0.15) is 0 Å². The van der Waals surface area contributed by atoms with Gasteiger partial charge in [0.05, 0.1) is 20.3 Å². The average Bonchev–Trinajstić information content (AvgIpc) is 3.06. The van der Waals surface area contributed by atoms with Crippen molar-refractivity contribution >= 4 is 35.4 Å². The van der Waals surface area contributed by atoms with E-state index in [4.69, 9.17) is 25.8 Å². The third-order valence-corrected chi connectivity index (χ3v) is 4.69. The number of methoxy groups -OCH3 is 1. The minimum absolute atomic E-state index is 0.195. The lowest BCUT2D eigenvalue weighted by Gasteiger charge is -2.16. The summed E-state index contributed by atoms with van der Waals surface area (Å²) in [6.45, 7) is 4.52. The molecule has 0 aromatic heterocycles. The smallest absolute Gasteiger partial charge is 0.325 e. The maximum Gasteiger partial charge on any atom is 0.325 e. The molecular weight excluding hydrogens is 420 g/mol. The first-order chi connectivity index (χ1) is 15.0. The quantitative estimate of drug-likeness (QED) is 0.457. The van der Waals surface area contributed by atoms with E-state index in [1.165, 1.54) is 12.0 Å². The number of hydrogen-bond acceptors (Lipinski definition) is 6. The molecule has 0 aliphatic carbocycles. The molecule has 1 heterocycles. The zero-order valence-corrected chi connectivity index (χ0v) is 18.3. The summed E-state index contributed by atoms with van der Waals surface area (Å²) in [5, 5.41) is 0.557. The van der Waals surface area contributed by atoms with Gasteiger partial charge in [-0.15, -0.1) is 0 Å². The van der Waals surface area contributed by atoms with Gasteiger partial charge in [0.15, 0.2) is 11.5 Å². The van der Waals surface area contributed by atoms with Gasteiger partial charge in [0.2, 0.25) is 0 Å². The molecule has 1 aliphatic rings. The van der Waals surface area contributed by atoms with Crippen LogP contribution in [0.3, 0.4) is 0 Å². The minimum atomic E-state index is -0.545. The fraction of sp³-hybridized carbons (Fsp3) is 0.261. The van der Waals surface area contributed by atoms with E-state index in [9.17, 15) is 9.59 Å². The highest BCUT2D eigenvalue weighted by atomic mass is 35.5. The molecule has 0 atom stereocenters. The largest absolute Gasteiger partial charge is 0.490 e. The molecule has 1 amide bonds. The van der Waals surface area contributed by atoms with Crippen LogP contribution < -0.4 is 9.47 Å². The van der Waals surface area contributed by atoms with Crippen LogP contribution in [0.1, 0.15) is 25.0 Å². The summed E-state index contributed by atoms with van der Waals surface area (Å²) in [6.07, 6.45) is 1.65. The number of halogens is 1. The lowest BCUT2D eigenvalue weighted by molar-refractivity contribution is -0.143. The van der Waals surface area contributed by atoms with Crippen LogP contribution in [-0.4, -0.2) is 49.5 Å². The fourth-order valence-corrected chi connectivity index (χ4v) is 3.15. The molecular formula is C23H23ClN2O5. The van der Waals surface area contributed by atoms with Gasteiger partial charge < -0.3 is 14.2 Å². The predicted molar refractivity (Wildman–Crippen MR) is 118 cm³/mol. The van der Waals surface area contributed by atoms with Crippen LogP contribution in [0.15, 0.2) is 53.2 Å². The average molecular weight is 443 g/mol. The van der Waals surface area contributed by atoms with Crippen molar-refractivity contribution in [3.05, 3.63) is 64.3 Å². The molecule has 0 fully saturated rings. The molecule has 2 aromatic carbocycles. The van der Waals surface area contributed by atoms with Crippen LogP contribution >= 0.6 is 11.6 Å². The molecule has 162 valence electrons. The number of amidine groups is 1. The van der Waals surface area contributed by atoms with Crippen LogP contribution in [0.2, 0.25) is 5.02 Å². The third kappa shape index (κ3) is 5.24. The Morgan fingerprint density at radius 1 is 1.06 bits per heavy atom. The van der Waals surface area contributed by atoms with Crippen molar-refractivity contribution in [3.8, 4) is 11.5 Å². The normalized spacial score (nSPS) is 14.6. The van der Waals surface area contributed by atoms with Crippen LogP contribution in [0.25, 0.3) is 6.08 Å². The number of hydrogen-bond donors (Lipinski definition) is 0. The standard InChI is InChI=1S/C23H23ClN2O5/c1-4-30-19-11-6-15(13-20(19)31-5-2)12-18-23(28)26(14-21(27)29-3)22(25-18)16-7-9-17(24)10-8-16/h6-13H,4-5,14H2,1-3H3. The Labute approximate surface area is 185 Å². The maximum absolute atomic E-state index is 13.0. The van der Waals surface area contributed by atoms with Crippen LogP contribution in [0.4, 0.5) is 0 Å². The van der Waals surface area contributed by atoms with E-state index in [1.807, 2.05) is 19.9 Å². The summed E-state index contributed by atoms with van der Waals surface area (Å²) in [4.78, 5) is 30.7. The molecule has 0 bridgehead atoms. The molecule has 8 heteroatoms. The number of carbonyl (C=O) groups is 2. The van der Waals surface area contributed by atoms with Crippen molar-refractivity contribution in [1.29, 1.82) is 0 Å². The number of carbonyl (C=O) groups excluding carboxylic acids is 2. The highest BCUT2D eigenvalue weighted by Crippen LogP contribution is 2.30. The number of nitrogens with zero attached hydrogens (tertiary/aromatic N) is 2. The van der Waals surface area contributed by atoms with Gasteiger partial charge in [-0.1, -0.05) is 17.7 Å². The van der Waals surface area contributed by atoms with Crippen molar-refractivity contribution < 1.29 is 23.8 Å². The molecule has 1 aliphatic heterocycles. The number of rotatable bonds is 8. The Hall–Kier alpha value is -3.32. The second-order valence-electron chi connectivity index (χ2n) is 6.51. The molecule has 3 rings (SSSR count). The predicted octanol–water partition coefficient (Wildman–Crippen LogP) is 3.94. The number of benzene rings is 2. The van der Waals surface area contributed by atoms with Gasteiger partial charge in [-0.3, -0.25) is 14.5 Å². The Morgan fingerprint density at radius 2 is 1.74 bits per heavy atom. The van der Waals surface area contributed by atoms with Crippen LogP contribution in [0.5, 0.6) is 11.5 Å². The second-order valence-corrected chi connectivity index (χ2v) is 6.95. The van der Waals surface area contributed by atoms with Gasteiger partial charge in [0.25, 0.3) is 5.91 Å². The number of aliphatic imine (C=N–C) groups is 1. The maximum atomic E-state index is 13.0. The topological polar surface area (TPSA) is 77.4 Å². The molecule has 0 saturated heterocycles. The Kier molecular flexibility index (Phi) is 7.31. The Balaban J connectivity index is 2.00. The molecule has 31 heavy (non-hydrogen) atoms. The summed E-state index contributed by atoms with van der Waals surface area (Å²) < 4.78 is 16.0. The van der Waals surface area contributed by atoms with Gasteiger partial charge in [-0.05, 0) is 61.9 Å². The SMILES string of the molecule is CCOc1ccc(C=C2N=C(c3ccc(Cl)cc3)N(CC(=O)OC)C2=O)cc1OCC. The van der Waals surface area contributed by atoms with Crippen LogP contribution in [-0.2, 0) is 14.3 Å². The van der Waals surface area contributed by atoms with Gasteiger partial charge in [0, 0.05) is 10.6 Å². The molecule has 0 unspecified atom stereocenters. The lowest BCUT2D eigenvalue weighted by atomic mass is 10.1. The summed E-state index contributed by atoms with van der Waals surface area (Å²) in [7, 11) is 1.27. The summed E-state index contributed by atoms with van der Waals surface area (Å²) >= 11 is 5.97. The van der Waals surface area contributed by atoms with Gasteiger partial charge in [-0.25, -0.2) is 4.99 Å². The minimum Gasteiger partial charge on any atom is -0.490 e. The van der Waals surface area contributed by atoms with E-state index in [1.54, 1.807) is 42.5 Å². The van der Waals surface area contributed by atoms with E-state index in [2.05, 4.69) is 4.99 Å². The van der Waals surface area contributed by atoms with E-state index in [0.717, 1.165) is 5.56 Å². The van der Waals surface area contributed by atoms with Crippen molar-refractivity contribution in [1.82, 2.24) is 4.90 Å². The number of ether oxygens (including phenoxy) is 3. The summed E-state index contributed by atoms with van der Waals surface area (Å²) in [5.74, 6) is 0.617. The first-order valence-corrected chi connectivity index (χ1v) is 10.2. The summed E-state index contributed by atoms with van der Waals surface area (Å²) in [5.41, 5.74) is 1.57. The highest BCUT2D eigenvalue weighted by molar-refractivity contribution is 6.30. The zero-order valence-electron chi connectivity index (χ0n) is 17.6. The van der Waals surface area contributed by atoms with Gasteiger partial charge in [0.1, 0.15) is 18.1 Å². The van der Waals surface area contributed by atoms with E-state index in [-0.39, 0.29) is 12.2 Å². The number of esters is 1. The first-order valence-electron chi connectivity index (χ1n) is 9.81. The summed E-state index contributed by atoms with van der Waals surface area (Å²) in [6, 6.07) is 12.3. The first kappa shape index (κ1) is 22.4. The van der Waals surface area contributed by atoms with Gasteiger partial charge >= 0.3 is 5.97 Å². The van der Waals surface area contributed by atoms with Crippen molar-refractivity contribution in [2.75, 3.05) is 26.9 Å². The molecule has 0 radical (unpaired) electrons. The molecule has 2 aromatic rings. The van der Waals surface area contributed by atoms with E-state index in [0.29, 0.717) is 41.1 Å². The Bertz CT molecular complexity index is 1030. The molecule has 0 spiro atoms. The molecule has 0 N–H and O–H groups in total. The molecule has 7 nitrogen and oxygen atoms in total. The van der Waals surface area contributed by atoms with Crippen molar-refractivity contribution in [2.45, 2.75) is 13.8 Å². The van der Waals surface area contributed by atoms with E-state index < -0.39 is 11.9 Å². The molecule has 0 saturated carbocycles. The highest BCUT2D eigenvalue weighted by Gasteiger charge is 2.33. The van der Waals surface area contributed by atoms with Crippen molar-refractivity contribution in [3.63, 3.8) is 0 Å². The third-order valence-electron chi connectivity index (χ3n) is 4.43. The van der Waals surface area contributed by atoms with Crippen molar-refractivity contribution in [2.24, 2.45) is 4.99 Å². The second kappa shape index (κ2) is 10.1. The lowest BCUT2D eigenvalue weighted by Crippen LogP contribution is -2.37. The Morgan fingerprint density at radius 3 is 2.39 bits per heavy atom. The zero-order chi connectivity index (χ0) is 22.4. The fourth-order valence-electron chi connectivity index (χ4n) is 3.03. The van der Waals surface area contributed by atoms with E-state index >= 15 is 0 Å². The van der Waals surface area contributed by atoms with Crippen LogP contribution in [0, 0.1) is 0 Å². The number of amides is 1. The monoisotopic (exact) mass is 442 g/mol.